The fourth-order valence-corrected chi connectivity index (χ4v) is 3.49. The molecule has 0 spiro atoms. The maximum Gasteiger partial charge on any atom is 0.339 e. The quantitative estimate of drug-likeness (QED) is 0.457. The summed E-state index contributed by atoms with van der Waals surface area (Å²) in [5, 5.41) is 7.38. The highest BCUT2D eigenvalue weighted by atomic mass is 35.5. The van der Waals surface area contributed by atoms with Crippen molar-refractivity contribution in [3.63, 3.8) is 0 Å². The Balaban J connectivity index is 2.17. The number of carbonyl (C=O) groups excluding carboxylic acids is 1. The molecule has 1 unspecified atom stereocenters. The van der Waals surface area contributed by atoms with E-state index in [2.05, 4.69) is 56.5 Å². The number of rotatable bonds is 6. The van der Waals surface area contributed by atoms with Crippen LogP contribution in [0, 0.1) is 19.8 Å². The molecule has 6 heteroatoms. The van der Waals surface area contributed by atoms with Crippen LogP contribution in [0.5, 0.6) is 0 Å². The molecule has 28 heavy (non-hydrogen) atoms. The van der Waals surface area contributed by atoms with Crippen LogP contribution in [0.2, 0.25) is 5.02 Å². The van der Waals surface area contributed by atoms with Crippen molar-refractivity contribution in [2.24, 2.45) is 5.92 Å². The summed E-state index contributed by atoms with van der Waals surface area (Å²) in [7, 11) is 0. The molecule has 0 heterocycles. The number of nitrogens with one attached hydrogen (secondary N) is 2. The Bertz CT molecular complexity index is 868. The van der Waals surface area contributed by atoms with Crippen LogP contribution in [0.25, 0.3) is 0 Å². The summed E-state index contributed by atoms with van der Waals surface area (Å²) >= 11 is 11.6. The van der Waals surface area contributed by atoms with E-state index in [1.54, 1.807) is 25.1 Å². The van der Waals surface area contributed by atoms with E-state index in [0.717, 1.165) is 0 Å². The van der Waals surface area contributed by atoms with E-state index in [0.29, 0.717) is 33.9 Å². The average molecular weight is 419 g/mol. The minimum Gasteiger partial charge on any atom is -0.462 e. The highest BCUT2D eigenvalue weighted by Crippen LogP contribution is 2.26. The predicted octanol–water partition coefficient (Wildman–Crippen LogP) is 5.82. The molecule has 2 N–H and O–H groups in total. The van der Waals surface area contributed by atoms with Crippen molar-refractivity contribution in [1.29, 1.82) is 0 Å². The molecular formula is C22H27ClN2O2S. The average Bonchev–Trinajstić information content (AvgIpc) is 2.62. The molecule has 0 aromatic heterocycles. The van der Waals surface area contributed by atoms with Crippen LogP contribution in [-0.2, 0) is 4.74 Å². The van der Waals surface area contributed by atoms with Gasteiger partial charge in [-0.05, 0) is 68.2 Å². The molecule has 2 aromatic carbocycles. The van der Waals surface area contributed by atoms with Crippen LogP contribution in [-0.4, -0.2) is 17.7 Å². The van der Waals surface area contributed by atoms with E-state index < -0.39 is 5.97 Å². The molecule has 2 rings (SSSR count). The highest BCUT2D eigenvalue weighted by Gasteiger charge is 2.19. The van der Waals surface area contributed by atoms with Crippen LogP contribution in [0.1, 0.15) is 53.9 Å². The molecule has 150 valence electrons. The molecular weight excluding hydrogens is 392 g/mol. The molecule has 2 aromatic rings. The number of hydrogen-bond acceptors (Lipinski definition) is 3. The third kappa shape index (κ3) is 5.69. The fraction of sp³-hybridized carbons (Fsp3) is 0.364. The summed E-state index contributed by atoms with van der Waals surface area (Å²) < 4.78 is 5.05. The van der Waals surface area contributed by atoms with Crippen LogP contribution < -0.4 is 10.6 Å². The van der Waals surface area contributed by atoms with Crippen LogP contribution in [0.4, 0.5) is 5.69 Å². The van der Waals surface area contributed by atoms with Gasteiger partial charge in [0.15, 0.2) is 5.11 Å². The van der Waals surface area contributed by atoms with Gasteiger partial charge in [-0.15, -0.1) is 0 Å². The number of hydrogen-bond donors (Lipinski definition) is 2. The smallest absolute Gasteiger partial charge is 0.339 e. The second-order valence-corrected chi connectivity index (χ2v) is 7.91. The van der Waals surface area contributed by atoms with Crippen molar-refractivity contribution in [2.45, 2.75) is 40.7 Å². The Hall–Kier alpha value is -2.11. The number of anilines is 1. The zero-order chi connectivity index (χ0) is 20.8. The van der Waals surface area contributed by atoms with Crippen LogP contribution >= 0.6 is 23.8 Å². The minimum atomic E-state index is -0.453. The second-order valence-electron chi connectivity index (χ2n) is 7.10. The van der Waals surface area contributed by atoms with E-state index in [1.807, 2.05) is 0 Å². The first-order valence-electron chi connectivity index (χ1n) is 9.34. The normalized spacial score (nSPS) is 11.8. The lowest BCUT2D eigenvalue weighted by Crippen LogP contribution is -2.35. The number of carbonyl (C=O) groups is 1. The summed E-state index contributed by atoms with van der Waals surface area (Å²) in [6.07, 6.45) is 0. The Morgan fingerprint density at radius 2 is 1.89 bits per heavy atom. The Morgan fingerprint density at radius 3 is 2.50 bits per heavy atom. The fourth-order valence-electron chi connectivity index (χ4n) is 3.05. The lowest BCUT2D eigenvalue weighted by Gasteiger charge is -2.26. The second kappa shape index (κ2) is 9.89. The first kappa shape index (κ1) is 22.2. The summed E-state index contributed by atoms with van der Waals surface area (Å²) in [6.45, 7) is 10.6. The van der Waals surface area contributed by atoms with E-state index in [1.165, 1.54) is 16.7 Å². The molecule has 0 fully saturated rings. The van der Waals surface area contributed by atoms with Crippen molar-refractivity contribution in [2.75, 3.05) is 11.9 Å². The first-order chi connectivity index (χ1) is 13.2. The van der Waals surface area contributed by atoms with Gasteiger partial charge in [-0.25, -0.2) is 4.79 Å². The first-order valence-corrected chi connectivity index (χ1v) is 10.1. The number of halogens is 1. The zero-order valence-electron chi connectivity index (χ0n) is 16.9. The largest absolute Gasteiger partial charge is 0.462 e. The molecule has 0 radical (unpaired) electrons. The molecule has 4 nitrogen and oxygen atoms in total. The van der Waals surface area contributed by atoms with Crippen molar-refractivity contribution in [3.05, 3.63) is 63.7 Å². The maximum atomic E-state index is 12.0. The number of benzene rings is 2. The van der Waals surface area contributed by atoms with Gasteiger partial charge in [-0.1, -0.05) is 49.2 Å². The predicted molar refractivity (Wildman–Crippen MR) is 120 cm³/mol. The lowest BCUT2D eigenvalue weighted by molar-refractivity contribution is 0.0526. The van der Waals surface area contributed by atoms with E-state index in [4.69, 9.17) is 28.6 Å². The van der Waals surface area contributed by atoms with Crippen molar-refractivity contribution < 1.29 is 9.53 Å². The summed E-state index contributed by atoms with van der Waals surface area (Å²) in [4.78, 5) is 12.0. The molecule has 0 saturated carbocycles. The molecule has 0 aliphatic rings. The third-order valence-electron chi connectivity index (χ3n) is 4.43. The van der Waals surface area contributed by atoms with Crippen molar-refractivity contribution >= 4 is 40.6 Å². The summed E-state index contributed by atoms with van der Waals surface area (Å²) in [5.74, 6) is -0.119. The van der Waals surface area contributed by atoms with E-state index in [-0.39, 0.29) is 6.04 Å². The third-order valence-corrected chi connectivity index (χ3v) is 4.98. The molecule has 0 bridgehead atoms. The Kier molecular flexibility index (Phi) is 7.84. The number of ether oxygens (including phenoxy) is 1. The van der Waals surface area contributed by atoms with Crippen LogP contribution in [0.3, 0.4) is 0 Å². The molecule has 0 aliphatic carbocycles. The number of aryl methyl sites for hydroxylation is 2. The molecule has 0 saturated heterocycles. The maximum absolute atomic E-state index is 12.0. The molecule has 1 atom stereocenters. The van der Waals surface area contributed by atoms with Gasteiger partial charge in [0.05, 0.1) is 23.2 Å². The molecule has 0 aliphatic heterocycles. The van der Waals surface area contributed by atoms with Crippen molar-refractivity contribution in [3.8, 4) is 0 Å². The standard InChI is InChI=1S/C22H27ClN2O2S/c1-6-27-21(26)18-12-16(8-10-19(18)23)24-22(28)25-20(13(2)3)17-9-7-14(4)11-15(17)5/h7-13,20H,6H2,1-5H3,(H2,24,25,28). The number of thiocarbonyl (C=S) groups is 1. The van der Waals surface area contributed by atoms with Crippen LogP contribution in [0.15, 0.2) is 36.4 Å². The Labute approximate surface area is 177 Å². The van der Waals surface area contributed by atoms with Gasteiger partial charge >= 0.3 is 5.97 Å². The molecule has 0 amide bonds. The topological polar surface area (TPSA) is 50.4 Å². The van der Waals surface area contributed by atoms with Gasteiger partial charge in [-0.3, -0.25) is 0 Å². The van der Waals surface area contributed by atoms with Gasteiger partial charge in [0.1, 0.15) is 0 Å². The summed E-state index contributed by atoms with van der Waals surface area (Å²) in [6, 6.07) is 11.6. The van der Waals surface area contributed by atoms with Gasteiger partial charge in [0.25, 0.3) is 0 Å². The van der Waals surface area contributed by atoms with Gasteiger partial charge in [0.2, 0.25) is 0 Å². The van der Waals surface area contributed by atoms with Crippen molar-refractivity contribution in [1.82, 2.24) is 5.32 Å². The minimum absolute atomic E-state index is 0.0671. The highest BCUT2D eigenvalue weighted by molar-refractivity contribution is 7.80. The van der Waals surface area contributed by atoms with E-state index in [9.17, 15) is 4.79 Å². The van der Waals surface area contributed by atoms with Gasteiger partial charge in [0, 0.05) is 5.69 Å². The monoisotopic (exact) mass is 418 g/mol. The van der Waals surface area contributed by atoms with Gasteiger partial charge < -0.3 is 15.4 Å². The zero-order valence-corrected chi connectivity index (χ0v) is 18.5. The van der Waals surface area contributed by atoms with E-state index >= 15 is 0 Å². The summed E-state index contributed by atoms with van der Waals surface area (Å²) in [5.41, 5.74) is 4.66. The number of esters is 1. The lowest BCUT2D eigenvalue weighted by atomic mass is 9.92. The van der Waals surface area contributed by atoms with Gasteiger partial charge in [-0.2, -0.15) is 0 Å². The SMILES string of the molecule is CCOC(=O)c1cc(NC(=S)NC(c2ccc(C)cc2C)C(C)C)ccc1Cl. The Morgan fingerprint density at radius 1 is 1.18 bits per heavy atom.